The van der Waals surface area contributed by atoms with Crippen LogP contribution in [0.4, 0.5) is 10.8 Å². The number of rotatable bonds is 2. The van der Waals surface area contributed by atoms with Crippen molar-refractivity contribution >= 4 is 45.5 Å². The molecule has 22 heavy (non-hydrogen) atoms. The smallest absolute Gasteiger partial charge is 0.188 e. The predicted octanol–water partition coefficient (Wildman–Crippen LogP) is 6.12. The molecule has 2 aromatic carbocycles. The van der Waals surface area contributed by atoms with Crippen LogP contribution in [0.2, 0.25) is 5.02 Å². The van der Waals surface area contributed by atoms with Gasteiger partial charge in [-0.25, -0.2) is 4.98 Å². The molecule has 1 N–H and O–H groups in total. The number of halogens is 1. The van der Waals surface area contributed by atoms with Crippen molar-refractivity contribution in [3.63, 3.8) is 0 Å². The van der Waals surface area contributed by atoms with Crippen LogP contribution in [-0.4, -0.2) is 4.98 Å². The minimum Gasteiger partial charge on any atom is -0.331 e. The van der Waals surface area contributed by atoms with E-state index < -0.39 is 0 Å². The third-order valence-corrected chi connectivity index (χ3v) is 6.12. The summed E-state index contributed by atoms with van der Waals surface area (Å²) in [4.78, 5) is 7.46. The van der Waals surface area contributed by atoms with E-state index in [-0.39, 0.29) is 0 Å². The number of nitrogens with zero attached hydrogens (tertiary/aromatic N) is 1. The molecule has 0 spiro atoms. The molecule has 0 saturated heterocycles. The molecule has 0 amide bonds. The van der Waals surface area contributed by atoms with Crippen molar-refractivity contribution in [2.45, 2.75) is 17.6 Å². The Balaban J connectivity index is 1.70. The van der Waals surface area contributed by atoms with Gasteiger partial charge >= 0.3 is 0 Å². The van der Waals surface area contributed by atoms with Gasteiger partial charge in [0.25, 0.3) is 0 Å². The Kier molecular flexibility index (Phi) is 3.60. The molecule has 0 radical (unpaired) electrons. The van der Waals surface area contributed by atoms with Gasteiger partial charge in [-0.3, -0.25) is 0 Å². The van der Waals surface area contributed by atoms with E-state index >= 15 is 0 Å². The molecule has 3 aromatic rings. The van der Waals surface area contributed by atoms with Gasteiger partial charge in [-0.15, -0.1) is 23.1 Å². The first-order chi connectivity index (χ1) is 10.7. The minimum absolute atomic E-state index is 0.756. The Morgan fingerprint density at radius 1 is 1.18 bits per heavy atom. The van der Waals surface area contributed by atoms with Crippen molar-refractivity contribution in [1.29, 1.82) is 0 Å². The van der Waals surface area contributed by atoms with Crippen molar-refractivity contribution in [2.24, 2.45) is 0 Å². The predicted molar refractivity (Wildman–Crippen MR) is 96.6 cm³/mol. The number of nitrogens with one attached hydrogen (secondary N) is 1. The molecule has 0 aliphatic carbocycles. The summed E-state index contributed by atoms with van der Waals surface area (Å²) in [6, 6.07) is 14.3. The van der Waals surface area contributed by atoms with Crippen LogP contribution in [0.25, 0.3) is 11.3 Å². The van der Waals surface area contributed by atoms with Crippen LogP contribution in [0.3, 0.4) is 0 Å². The zero-order valence-corrected chi connectivity index (χ0v) is 14.3. The highest BCUT2D eigenvalue weighted by molar-refractivity contribution is 7.98. The van der Waals surface area contributed by atoms with Crippen molar-refractivity contribution in [1.82, 2.24) is 4.98 Å². The van der Waals surface area contributed by atoms with Gasteiger partial charge in [0.2, 0.25) is 0 Å². The summed E-state index contributed by atoms with van der Waals surface area (Å²) in [5.41, 5.74) is 4.53. The Bertz CT molecular complexity index is 858. The SMILES string of the molecule is Cc1cc(Cl)ccc1Nc1nc2c(s1)CSc1ccccc1-2. The molecular weight excluding hydrogens is 332 g/mol. The Morgan fingerprint density at radius 3 is 2.91 bits per heavy atom. The van der Waals surface area contributed by atoms with Crippen LogP contribution in [0.15, 0.2) is 47.4 Å². The largest absolute Gasteiger partial charge is 0.331 e. The highest BCUT2D eigenvalue weighted by Crippen LogP contribution is 2.44. The Hall–Kier alpha value is -1.49. The maximum absolute atomic E-state index is 6.02. The fraction of sp³-hybridized carbons (Fsp3) is 0.118. The van der Waals surface area contributed by atoms with Gasteiger partial charge in [-0.05, 0) is 36.8 Å². The average Bonchev–Trinajstić information content (AvgIpc) is 2.93. The molecule has 1 aliphatic rings. The van der Waals surface area contributed by atoms with E-state index in [4.69, 9.17) is 16.6 Å². The van der Waals surface area contributed by atoms with Crippen molar-refractivity contribution in [3.05, 3.63) is 57.9 Å². The molecule has 0 bridgehead atoms. The van der Waals surface area contributed by atoms with Gasteiger partial charge in [0.1, 0.15) is 0 Å². The van der Waals surface area contributed by atoms with Gasteiger partial charge in [0, 0.05) is 31.8 Å². The van der Waals surface area contributed by atoms with Crippen LogP contribution >= 0.6 is 34.7 Å². The topological polar surface area (TPSA) is 24.9 Å². The lowest BCUT2D eigenvalue weighted by Gasteiger charge is -2.13. The number of hydrogen-bond donors (Lipinski definition) is 1. The number of hydrogen-bond acceptors (Lipinski definition) is 4. The zero-order chi connectivity index (χ0) is 15.1. The number of aromatic nitrogens is 1. The van der Waals surface area contributed by atoms with Gasteiger partial charge in [-0.1, -0.05) is 29.8 Å². The number of fused-ring (bicyclic) bond motifs is 3. The molecule has 0 atom stereocenters. The standard InChI is InChI=1S/C17H13ClN2S2/c1-10-8-11(18)6-7-13(10)19-17-20-16-12-4-2-3-5-14(12)21-9-15(16)22-17/h2-8H,9H2,1H3,(H,19,20). The molecule has 4 rings (SSSR count). The summed E-state index contributed by atoms with van der Waals surface area (Å²) in [7, 11) is 0. The van der Waals surface area contributed by atoms with E-state index in [1.165, 1.54) is 15.3 Å². The third-order valence-electron chi connectivity index (χ3n) is 3.63. The molecule has 0 saturated carbocycles. The van der Waals surface area contributed by atoms with Crippen LogP contribution in [0.5, 0.6) is 0 Å². The van der Waals surface area contributed by atoms with Crippen molar-refractivity contribution < 1.29 is 0 Å². The first-order valence-electron chi connectivity index (χ1n) is 6.96. The van der Waals surface area contributed by atoms with Gasteiger partial charge in [-0.2, -0.15) is 0 Å². The van der Waals surface area contributed by atoms with E-state index in [9.17, 15) is 0 Å². The number of anilines is 2. The summed E-state index contributed by atoms with van der Waals surface area (Å²) in [6.07, 6.45) is 0. The van der Waals surface area contributed by atoms with Gasteiger partial charge in [0.15, 0.2) is 5.13 Å². The van der Waals surface area contributed by atoms with E-state index in [0.717, 1.165) is 32.9 Å². The number of thioether (sulfide) groups is 1. The maximum Gasteiger partial charge on any atom is 0.188 e. The molecule has 5 heteroatoms. The van der Waals surface area contributed by atoms with Gasteiger partial charge in [0.05, 0.1) is 5.69 Å². The van der Waals surface area contributed by atoms with Crippen LogP contribution in [-0.2, 0) is 5.75 Å². The van der Waals surface area contributed by atoms with Crippen molar-refractivity contribution in [2.75, 3.05) is 5.32 Å². The number of aryl methyl sites for hydroxylation is 1. The summed E-state index contributed by atoms with van der Waals surface area (Å²) in [6.45, 7) is 2.05. The lowest BCUT2D eigenvalue weighted by molar-refractivity contribution is 1.28. The molecule has 1 aromatic heterocycles. The van der Waals surface area contributed by atoms with Crippen LogP contribution < -0.4 is 5.32 Å². The minimum atomic E-state index is 0.756. The maximum atomic E-state index is 6.02. The number of thiazole rings is 1. The number of benzene rings is 2. The average molecular weight is 345 g/mol. The lowest BCUT2D eigenvalue weighted by atomic mass is 10.1. The Labute approximate surface area is 142 Å². The van der Waals surface area contributed by atoms with E-state index in [1.54, 1.807) is 11.3 Å². The molecule has 0 unspecified atom stereocenters. The molecule has 0 fully saturated rings. The summed E-state index contributed by atoms with van der Waals surface area (Å²) in [5.74, 6) is 0.991. The summed E-state index contributed by atoms with van der Waals surface area (Å²) in [5, 5.41) is 5.12. The first-order valence-corrected chi connectivity index (χ1v) is 9.14. The highest BCUT2D eigenvalue weighted by atomic mass is 35.5. The lowest BCUT2D eigenvalue weighted by Crippen LogP contribution is -1.94. The van der Waals surface area contributed by atoms with Gasteiger partial charge < -0.3 is 5.32 Å². The second-order valence-corrected chi connectivity index (χ2v) is 7.70. The second kappa shape index (κ2) is 5.61. The van der Waals surface area contributed by atoms with Crippen LogP contribution in [0, 0.1) is 6.92 Å². The van der Waals surface area contributed by atoms with E-state index in [0.29, 0.717) is 0 Å². The summed E-state index contributed by atoms with van der Waals surface area (Å²) < 4.78 is 0. The molecule has 2 heterocycles. The fourth-order valence-electron chi connectivity index (χ4n) is 2.53. The summed E-state index contributed by atoms with van der Waals surface area (Å²) >= 11 is 9.63. The van der Waals surface area contributed by atoms with E-state index in [1.807, 2.05) is 36.9 Å². The highest BCUT2D eigenvalue weighted by Gasteiger charge is 2.21. The molecule has 2 nitrogen and oxygen atoms in total. The normalized spacial score (nSPS) is 12.6. The quantitative estimate of drug-likeness (QED) is 0.606. The second-order valence-electron chi connectivity index (χ2n) is 5.16. The third kappa shape index (κ3) is 2.51. The van der Waals surface area contributed by atoms with Crippen molar-refractivity contribution in [3.8, 4) is 11.3 Å². The zero-order valence-electron chi connectivity index (χ0n) is 11.9. The fourth-order valence-corrected chi connectivity index (χ4v) is 4.87. The molecular formula is C17H13ClN2S2. The van der Waals surface area contributed by atoms with E-state index in [2.05, 4.69) is 29.6 Å². The first kappa shape index (κ1) is 14.1. The Morgan fingerprint density at radius 2 is 2.05 bits per heavy atom. The van der Waals surface area contributed by atoms with Crippen LogP contribution in [0.1, 0.15) is 10.4 Å². The molecule has 1 aliphatic heterocycles. The molecule has 110 valence electrons. The monoisotopic (exact) mass is 344 g/mol.